The fourth-order valence-corrected chi connectivity index (χ4v) is 2.20. The minimum absolute atomic E-state index is 0.144. The van der Waals surface area contributed by atoms with Gasteiger partial charge in [0.05, 0.1) is 18.5 Å². The molecule has 2 amide bonds. The zero-order chi connectivity index (χ0) is 19.5. The quantitative estimate of drug-likeness (QED) is 0.380. The van der Waals surface area contributed by atoms with E-state index in [9.17, 15) is 19.2 Å². The molecule has 0 aliphatic carbocycles. The summed E-state index contributed by atoms with van der Waals surface area (Å²) in [6.45, 7) is 2.05. The van der Waals surface area contributed by atoms with Gasteiger partial charge in [-0.05, 0) is 18.6 Å². The van der Waals surface area contributed by atoms with Gasteiger partial charge in [0, 0.05) is 0 Å². The minimum atomic E-state index is -1.10. The fraction of sp³-hybridized carbons (Fsp3) is 0.412. The van der Waals surface area contributed by atoms with Gasteiger partial charge in [-0.25, -0.2) is 9.80 Å². The van der Waals surface area contributed by atoms with Crippen LogP contribution in [0, 0.1) is 5.92 Å². The van der Waals surface area contributed by atoms with E-state index in [0.717, 1.165) is 12.8 Å². The molecule has 142 valence electrons. The molecule has 0 spiro atoms. The number of aliphatic carboxylic acids is 1. The monoisotopic (exact) mass is 366 g/mol. The van der Waals surface area contributed by atoms with Crippen LogP contribution in [0.4, 0.5) is 5.69 Å². The second-order valence-electron chi connectivity index (χ2n) is 5.54. The lowest BCUT2D eigenvalue weighted by Gasteiger charge is -2.14. The van der Waals surface area contributed by atoms with Crippen molar-refractivity contribution in [2.24, 2.45) is 5.92 Å². The van der Waals surface area contributed by atoms with Crippen molar-refractivity contribution in [3.8, 4) is 0 Å². The Hall–Kier alpha value is -2.94. The molecule has 3 N–H and O–H groups in total. The number of anilines is 1. The molecule has 26 heavy (non-hydrogen) atoms. The van der Waals surface area contributed by atoms with Gasteiger partial charge in [0.1, 0.15) is 5.92 Å². The molecule has 0 radical (unpaired) electrons. The molecule has 1 heterocycles. The highest BCUT2D eigenvalue weighted by Gasteiger charge is 2.39. The molecule has 1 aliphatic heterocycles. The van der Waals surface area contributed by atoms with E-state index in [4.69, 9.17) is 10.4 Å². The van der Waals surface area contributed by atoms with Crippen LogP contribution in [0.2, 0.25) is 0 Å². The van der Waals surface area contributed by atoms with E-state index in [1.54, 1.807) is 12.1 Å². The van der Waals surface area contributed by atoms with Crippen LogP contribution in [0.5, 0.6) is 0 Å². The first-order valence-corrected chi connectivity index (χ1v) is 8.16. The first kappa shape index (κ1) is 21.1. The van der Waals surface area contributed by atoms with Crippen molar-refractivity contribution in [2.45, 2.75) is 39.0 Å². The zero-order valence-corrected chi connectivity index (χ0v) is 14.4. The highest BCUT2D eigenvalue weighted by atomic mass is 17.1. The normalized spacial score (nSPS) is 15.8. The van der Waals surface area contributed by atoms with Gasteiger partial charge in [-0.3, -0.25) is 19.8 Å². The Morgan fingerprint density at radius 3 is 2.38 bits per heavy atom. The Balaban J connectivity index is 0.000000321. The van der Waals surface area contributed by atoms with E-state index in [2.05, 4.69) is 10.3 Å². The fourth-order valence-electron chi connectivity index (χ4n) is 2.20. The predicted octanol–water partition coefficient (Wildman–Crippen LogP) is 1.74. The van der Waals surface area contributed by atoms with Crippen molar-refractivity contribution >= 4 is 29.4 Å². The summed E-state index contributed by atoms with van der Waals surface area (Å²) >= 11 is 0. The number of carboxylic acids is 1. The summed E-state index contributed by atoms with van der Waals surface area (Å²) in [5.74, 6) is -2.88. The largest absolute Gasteiger partial charge is 0.481 e. The van der Waals surface area contributed by atoms with E-state index in [1.165, 1.54) is 5.01 Å². The van der Waals surface area contributed by atoms with Crippen LogP contribution >= 0.6 is 0 Å². The van der Waals surface area contributed by atoms with Crippen LogP contribution in [-0.4, -0.2) is 34.1 Å². The summed E-state index contributed by atoms with van der Waals surface area (Å²) in [4.78, 5) is 46.7. The summed E-state index contributed by atoms with van der Waals surface area (Å²) in [7, 11) is 0. The maximum atomic E-state index is 12.1. The van der Waals surface area contributed by atoms with Crippen LogP contribution in [0.15, 0.2) is 30.3 Å². The molecule has 1 aromatic carbocycles. The number of para-hydroxylation sites is 1. The topological polar surface area (TPSA) is 133 Å². The third-order valence-electron chi connectivity index (χ3n) is 3.56. The van der Waals surface area contributed by atoms with Crippen LogP contribution in [0.1, 0.15) is 39.0 Å². The summed E-state index contributed by atoms with van der Waals surface area (Å²) in [6, 6.07) is 9.17. The van der Waals surface area contributed by atoms with Gasteiger partial charge in [0.2, 0.25) is 0 Å². The van der Waals surface area contributed by atoms with E-state index < -0.39 is 17.9 Å². The Morgan fingerprint density at radius 1 is 1.19 bits per heavy atom. The van der Waals surface area contributed by atoms with Gasteiger partial charge in [-0.1, -0.05) is 38.0 Å². The molecule has 2 rings (SSSR count). The molecule has 0 bridgehead atoms. The molecule has 9 nitrogen and oxygen atoms in total. The highest BCUT2D eigenvalue weighted by Crippen LogP contribution is 2.22. The second-order valence-corrected chi connectivity index (χ2v) is 5.54. The number of unbranched alkanes of at least 4 members (excludes halogenated alkanes) is 1. The molecular weight excluding hydrogens is 344 g/mol. The number of benzene rings is 1. The van der Waals surface area contributed by atoms with E-state index in [-0.39, 0.29) is 24.7 Å². The minimum Gasteiger partial charge on any atom is -0.481 e. The van der Waals surface area contributed by atoms with Crippen molar-refractivity contribution in [1.82, 2.24) is 5.43 Å². The van der Waals surface area contributed by atoms with E-state index in [1.807, 2.05) is 25.1 Å². The Bertz CT molecular complexity index is 633. The molecule has 9 heteroatoms. The third kappa shape index (κ3) is 6.52. The number of carbonyl (C=O) groups excluding carboxylic acids is 3. The van der Waals surface area contributed by atoms with Crippen molar-refractivity contribution in [3.05, 3.63) is 30.3 Å². The lowest BCUT2D eigenvalue weighted by atomic mass is 10.0. The molecule has 1 aliphatic rings. The Morgan fingerprint density at radius 2 is 1.85 bits per heavy atom. The van der Waals surface area contributed by atoms with Crippen LogP contribution in [-0.2, 0) is 24.1 Å². The number of nitrogens with zero attached hydrogens (tertiary/aromatic N) is 1. The number of rotatable bonds is 7. The first-order valence-electron chi connectivity index (χ1n) is 8.16. The molecule has 1 aromatic rings. The molecule has 0 saturated carbocycles. The Kier molecular flexibility index (Phi) is 8.79. The van der Waals surface area contributed by atoms with Crippen molar-refractivity contribution in [1.29, 1.82) is 0 Å². The summed E-state index contributed by atoms with van der Waals surface area (Å²) in [5.41, 5.74) is 3.34. The standard InChI is InChI=1S/C13H16N2O2.C4H6O5/c1-2-3-9-11-12(16)14-15(13(11)17)10-7-5-4-6-8-10;5-3(6)1-2-4(7)9-8/h4-8,11H,2-3,9H2,1H3,(H,14,16);8H,1-2H2,(H,5,6). The van der Waals surface area contributed by atoms with Gasteiger partial charge in [-0.15, -0.1) is 0 Å². The average molecular weight is 366 g/mol. The molecule has 1 fully saturated rings. The number of hydrogen-bond acceptors (Lipinski definition) is 6. The SMILES string of the molecule is CCCCC1C(=O)NN(c2ccccc2)C1=O.O=C(O)CCC(=O)OO. The molecular formula is C17H22N2O7. The predicted molar refractivity (Wildman–Crippen MR) is 90.7 cm³/mol. The summed E-state index contributed by atoms with van der Waals surface area (Å²) in [6.07, 6.45) is 1.89. The van der Waals surface area contributed by atoms with Crippen LogP contribution < -0.4 is 10.4 Å². The lowest BCUT2D eigenvalue weighted by Crippen LogP contribution is -2.35. The van der Waals surface area contributed by atoms with Crippen molar-refractivity contribution in [3.63, 3.8) is 0 Å². The van der Waals surface area contributed by atoms with E-state index in [0.29, 0.717) is 12.1 Å². The Labute approximate surface area is 150 Å². The van der Waals surface area contributed by atoms with Gasteiger partial charge in [0.25, 0.3) is 11.8 Å². The average Bonchev–Trinajstić information content (AvgIpc) is 2.93. The first-order chi connectivity index (χ1) is 12.4. The van der Waals surface area contributed by atoms with Crippen LogP contribution in [0.25, 0.3) is 0 Å². The van der Waals surface area contributed by atoms with Crippen LogP contribution in [0.3, 0.4) is 0 Å². The molecule has 1 saturated heterocycles. The number of nitrogens with one attached hydrogen (secondary N) is 1. The maximum Gasteiger partial charge on any atom is 0.342 e. The highest BCUT2D eigenvalue weighted by molar-refractivity contribution is 6.14. The second kappa shape index (κ2) is 10.8. The smallest absolute Gasteiger partial charge is 0.342 e. The summed E-state index contributed by atoms with van der Waals surface area (Å²) in [5, 5.41) is 16.9. The van der Waals surface area contributed by atoms with Crippen molar-refractivity contribution in [2.75, 3.05) is 5.01 Å². The number of hydrogen-bond donors (Lipinski definition) is 3. The lowest BCUT2D eigenvalue weighted by molar-refractivity contribution is -0.234. The molecule has 0 aromatic heterocycles. The molecule has 1 atom stereocenters. The maximum absolute atomic E-state index is 12.1. The number of amides is 2. The van der Waals surface area contributed by atoms with E-state index >= 15 is 0 Å². The van der Waals surface area contributed by atoms with Gasteiger partial charge >= 0.3 is 11.9 Å². The van der Waals surface area contributed by atoms with Gasteiger partial charge in [-0.2, -0.15) is 5.26 Å². The number of carbonyl (C=O) groups is 4. The van der Waals surface area contributed by atoms with Gasteiger partial charge < -0.3 is 9.99 Å². The zero-order valence-electron chi connectivity index (χ0n) is 14.4. The van der Waals surface area contributed by atoms with Gasteiger partial charge in [0.15, 0.2) is 0 Å². The third-order valence-corrected chi connectivity index (χ3v) is 3.56. The van der Waals surface area contributed by atoms with Crippen molar-refractivity contribution < 1.29 is 34.4 Å². The number of carboxylic acid groups (broad SMARTS) is 1. The number of hydrazine groups is 1. The molecule has 1 unspecified atom stereocenters. The summed E-state index contributed by atoms with van der Waals surface area (Å²) < 4.78 is 0.